The number of aromatic nitrogens is 3. The quantitative estimate of drug-likeness (QED) is 0.511. The zero-order valence-corrected chi connectivity index (χ0v) is 18.2. The fourth-order valence-electron chi connectivity index (χ4n) is 3.27. The second kappa shape index (κ2) is 9.41. The van der Waals surface area contributed by atoms with Gasteiger partial charge < -0.3 is 15.6 Å². The van der Waals surface area contributed by atoms with E-state index in [0.29, 0.717) is 28.0 Å². The molecule has 3 rings (SSSR count). The van der Waals surface area contributed by atoms with Crippen molar-refractivity contribution in [3.63, 3.8) is 0 Å². The SMILES string of the molecule is CC(Sc1nnc(CCC(N)=O)n1C)C(=O)Nc1sc2c(c1C#N)CCCCC2. The van der Waals surface area contributed by atoms with E-state index in [0.717, 1.165) is 31.2 Å². The van der Waals surface area contributed by atoms with E-state index in [1.165, 1.54) is 34.4 Å². The standard InChI is InChI=1S/C19H24N6O2S2/c1-11(28-19-24-23-16(25(19)2)9-8-15(21)26)17(27)22-18-13(10-20)12-6-4-3-5-7-14(12)29-18/h11H,3-9H2,1-2H3,(H2,21,26)(H,22,27). The molecule has 0 saturated carbocycles. The molecule has 0 aliphatic heterocycles. The van der Waals surface area contributed by atoms with Crippen molar-refractivity contribution < 1.29 is 9.59 Å². The number of nitriles is 1. The number of anilines is 1. The van der Waals surface area contributed by atoms with Crippen molar-refractivity contribution in [1.82, 2.24) is 14.8 Å². The Kier molecular flexibility index (Phi) is 6.92. The number of thiophene rings is 1. The van der Waals surface area contributed by atoms with Crippen LogP contribution in [0.4, 0.5) is 5.00 Å². The van der Waals surface area contributed by atoms with E-state index in [1.807, 2.05) is 0 Å². The van der Waals surface area contributed by atoms with Crippen LogP contribution in [0.5, 0.6) is 0 Å². The number of hydrogen-bond acceptors (Lipinski definition) is 7. The number of hydrogen-bond donors (Lipinski definition) is 2. The summed E-state index contributed by atoms with van der Waals surface area (Å²) in [4.78, 5) is 24.9. The van der Waals surface area contributed by atoms with Gasteiger partial charge in [0.2, 0.25) is 11.8 Å². The summed E-state index contributed by atoms with van der Waals surface area (Å²) in [5.41, 5.74) is 6.91. The fraction of sp³-hybridized carbons (Fsp3) is 0.526. The maximum absolute atomic E-state index is 12.7. The number of nitrogens with one attached hydrogen (secondary N) is 1. The van der Waals surface area contributed by atoms with Gasteiger partial charge in [0.25, 0.3) is 0 Å². The molecule has 2 aromatic heterocycles. The van der Waals surface area contributed by atoms with Crippen LogP contribution in [-0.2, 0) is 35.9 Å². The van der Waals surface area contributed by atoms with Gasteiger partial charge in [0.1, 0.15) is 16.9 Å². The van der Waals surface area contributed by atoms with Crippen LogP contribution in [-0.4, -0.2) is 31.8 Å². The van der Waals surface area contributed by atoms with Gasteiger partial charge in [-0.3, -0.25) is 9.59 Å². The van der Waals surface area contributed by atoms with Gasteiger partial charge in [0, 0.05) is 24.8 Å². The highest BCUT2D eigenvalue weighted by molar-refractivity contribution is 8.00. The summed E-state index contributed by atoms with van der Waals surface area (Å²) in [6, 6.07) is 2.29. The minimum atomic E-state index is -0.421. The number of primary amides is 1. The molecule has 10 heteroatoms. The zero-order chi connectivity index (χ0) is 21.0. The van der Waals surface area contributed by atoms with Crippen LogP contribution in [0.3, 0.4) is 0 Å². The minimum Gasteiger partial charge on any atom is -0.370 e. The van der Waals surface area contributed by atoms with Crippen LogP contribution >= 0.6 is 23.1 Å². The van der Waals surface area contributed by atoms with E-state index in [9.17, 15) is 14.9 Å². The Balaban J connectivity index is 1.67. The number of carbonyl (C=O) groups is 2. The molecule has 2 heterocycles. The first-order valence-corrected chi connectivity index (χ1v) is 11.3. The first kappa shape index (κ1) is 21.3. The maximum Gasteiger partial charge on any atom is 0.238 e. The summed E-state index contributed by atoms with van der Waals surface area (Å²) < 4.78 is 1.77. The van der Waals surface area contributed by atoms with Crippen molar-refractivity contribution in [2.75, 3.05) is 5.32 Å². The molecule has 0 aromatic carbocycles. The molecule has 1 unspecified atom stereocenters. The Morgan fingerprint density at radius 2 is 2.10 bits per heavy atom. The van der Waals surface area contributed by atoms with Crippen LogP contribution in [0.2, 0.25) is 0 Å². The molecule has 1 aliphatic rings. The molecular weight excluding hydrogens is 408 g/mol. The van der Waals surface area contributed by atoms with Crippen LogP contribution in [0.1, 0.15) is 54.4 Å². The maximum atomic E-state index is 12.7. The first-order valence-electron chi connectivity index (χ1n) is 9.59. The molecule has 0 radical (unpaired) electrons. The number of aryl methyl sites for hydroxylation is 2. The molecule has 0 spiro atoms. The molecule has 1 atom stereocenters. The monoisotopic (exact) mass is 432 g/mol. The molecule has 3 N–H and O–H groups in total. The highest BCUT2D eigenvalue weighted by Gasteiger charge is 2.24. The van der Waals surface area contributed by atoms with Gasteiger partial charge in [-0.2, -0.15) is 5.26 Å². The molecular formula is C19H24N6O2S2. The zero-order valence-electron chi connectivity index (χ0n) is 16.5. The third-order valence-corrected chi connectivity index (χ3v) is 7.28. The number of nitrogens with zero attached hydrogens (tertiary/aromatic N) is 4. The van der Waals surface area contributed by atoms with Crippen LogP contribution < -0.4 is 11.1 Å². The predicted molar refractivity (Wildman–Crippen MR) is 113 cm³/mol. The lowest BCUT2D eigenvalue weighted by molar-refractivity contribution is -0.118. The van der Waals surface area contributed by atoms with Crippen molar-refractivity contribution in [1.29, 1.82) is 5.26 Å². The third kappa shape index (κ3) is 4.97. The van der Waals surface area contributed by atoms with Gasteiger partial charge in [0.15, 0.2) is 5.16 Å². The van der Waals surface area contributed by atoms with E-state index in [-0.39, 0.29) is 12.3 Å². The van der Waals surface area contributed by atoms with Gasteiger partial charge >= 0.3 is 0 Å². The van der Waals surface area contributed by atoms with Crippen molar-refractivity contribution in [2.45, 2.75) is 62.3 Å². The van der Waals surface area contributed by atoms with E-state index in [4.69, 9.17) is 5.73 Å². The number of nitrogens with two attached hydrogens (primary N) is 1. The van der Waals surface area contributed by atoms with Crippen LogP contribution in [0, 0.1) is 11.3 Å². The van der Waals surface area contributed by atoms with Gasteiger partial charge in [-0.15, -0.1) is 21.5 Å². The average Bonchev–Trinajstić information content (AvgIpc) is 3.09. The van der Waals surface area contributed by atoms with Crippen LogP contribution in [0.25, 0.3) is 0 Å². The fourth-order valence-corrected chi connectivity index (χ4v) is 5.35. The van der Waals surface area contributed by atoms with Gasteiger partial charge in [-0.05, 0) is 38.2 Å². The lowest BCUT2D eigenvalue weighted by atomic mass is 10.1. The molecule has 0 saturated heterocycles. The molecule has 1 aliphatic carbocycles. The lowest BCUT2D eigenvalue weighted by Crippen LogP contribution is -2.22. The Morgan fingerprint density at radius 1 is 1.34 bits per heavy atom. The predicted octanol–water partition coefficient (Wildman–Crippen LogP) is 2.55. The highest BCUT2D eigenvalue weighted by Crippen LogP contribution is 2.37. The number of carbonyl (C=O) groups excluding carboxylic acids is 2. The second-order valence-corrected chi connectivity index (χ2v) is 9.47. The summed E-state index contributed by atoms with van der Waals surface area (Å²) >= 11 is 2.81. The van der Waals surface area contributed by atoms with Crippen molar-refractivity contribution in [3.05, 3.63) is 21.8 Å². The summed E-state index contributed by atoms with van der Waals surface area (Å²) in [6.07, 6.45) is 5.88. The number of thioether (sulfide) groups is 1. The Bertz CT molecular complexity index is 959. The van der Waals surface area contributed by atoms with E-state index in [1.54, 1.807) is 18.5 Å². The average molecular weight is 433 g/mol. The Hall–Kier alpha value is -2.38. The molecule has 2 aromatic rings. The van der Waals surface area contributed by atoms with E-state index >= 15 is 0 Å². The number of rotatable bonds is 7. The summed E-state index contributed by atoms with van der Waals surface area (Å²) in [5, 5.41) is 21.6. The topological polar surface area (TPSA) is 127 Å². The van der Waals surface area contributed by atoms with Crippen molar-refractivity contribution >= 4 is 39.9 Å². The van der Waals surface area contributed by atoms with Gasteiger partial charge in [-0.25, -0.2) is 0 Å². The van der Waals surface area contributed by atoms with Crippen molar-refractivity contribution in [3.8, 4) is 6.07 Å². The summed E-state index contributed by atoms with van der Waals surface area (Å²) in [7, 11) is 1.80. The highest BCUT2D eigenvalue weighted by atomic mass is 32.2. The van der Waals surface area contributed by atoms with Gasteiger partial charge in [-0.1, -0.05) is 18.2 Å². The molecule has 29 heavy (non-hydrogen) atoms. The summed E-state index contributed by atoms with van der Waals surface area (Å²) in [6.45, 7) is 1.79. The molecule has 154 valence electrons. The lowest BCUT2D eigenvalue weighted by Gasteiger charge is -2.11. The van der Waals surface area contributed by atoms with E-state index in [2.05, 4.69) is 21.6 Å². The largest absolute Gasteiger partial charge is 0.370 e. The smallest absolute Gasteiger partial charge is 0.238 e. The number of fused-ring (bicyclic) bond motifs is 1. The molecule has 2 amide bonds. The first-order chi connectivity index (χ1) is 13.9. The minimum absolute atomic E-state index is 0.176. The molecule has 8 nitrogen and oxygen atoms in total. The second-order valence-electron chi connectivity index (χ2n) is 7.05. The van der Waals surface area contributed by atoms with Gasteiger partial charge in [0.05, 0.1) is 10.8 Å². The number of amides is 2. The normalized spacial score (nSPS) is 14.5. The van der Waals surface area contributed by atoms with E-state index < -0.39 is 11.2 Å². The Morgan fingerprint density at radius 3 is 2.83 bits per heavy atom. The third-order valence-electron chi connectivity index (χ3n) is 4.94. The summed E-state index contributed by atoms with van der Waals surface area (Å²) in [5.74, 6) is 0.0786. The van der Waals surface area contributed by atoms with Crippen molar-refractivity contribution in [2.24, 2.45) is 12.8 Å². The van der Waals surface area contributed by atoms with Crippen LogP contribution in [0.15, 0.2) is 5.16 Å². The molecule has 0 fully saturated rings. The Labute approximate surface area is 177 Å². The molecule has 0 bridgehead atoms.